The Bertz CT molecular complexity index is 2060. The van der Waals surface area contributed by atoms with E-state index in [0.717, 1.165) is 49.2 Å². The van der Waals surface area contributed by atoms with Gasteiger partial charge in [-0.2, -0.15) is 0 Å². The fraction of sp³-hybridized carbons (Fsp3) is 0.281. The Morgan fingerprint density at radius 2 is 1.86 bits per heavy atom. The first-order chi connectivity index (χ1) is 20.3. The topological polar surface area (TPSA) is 124 Å². The summed E-state index contributed by atoms with van der Waals surface area (Å²) in [5.74, 6) is -1.21. The van der Waals surface area contributed by atoms with Gasteiger partial charge in [-0.25, -0.2) is 4.79 Å². The van der Waals surface area contributed by atoms with Crippen LogP contribution in [0.5, 0.6) is 0 Å². The highest BCUT2D eigenvalue weighted by Crippen LogP contribution is 2.57. The number of nitrogens with one attached hydrogen (secondary N) is 2. The van der Waals surface area contributed by atoms with Crippen LogP contribution in [-0.2, 0) is 31.3 Å². The Morgan fingerprint density at radius 1 is 1.14 bits per heavy atom. The number of hydrogen-bond acceptors (Lipinski definition) is 6. The number of hydrogen-bond donors (Lipinski definition) is 3. The van der Waals surface area contributed by atoms with E-state index >= 15 is 0 Å². The number of aromatic nitrogens is 2. The fourth-order valence-electron chi connectivity index (χ4n) is 7.36. The monoisotopic (exact) mass is 564 g/mol. The van der Waals surface area contributed by atoms with Crippen LogP contribution in [-0.4, -0.2) is 50.8 Å². The highest BCUT2D eigenvalue weighted by atomic mass is 16.6. The summed E-state index contributed by atoms with van der Waals surface area (Å²) in [4.78, 5) is 38.6. The van der Waals surface area contributed by atoms with Crippen molar-refractivity contribution < 1.29 is 29.0 Å². The summed E-state index contributed by atoms with van der Waals surface area (Å²) in [6.45, 7) is 5.85. The van der Waals surface area contributed by atoms with Crippen molar-refractivity contribution in [3.05, 3.63) is 72.3 Å². The zero-order chi connectivity index (χ0) is 29.0. The number of benzene rings is 3. The normalized spacial score (nSPS) is 24.0. The van der Waals surface area contributed by atoms with Gasteiger partial charge in [-0.05, 0) is 37.1 Å². The summed E-state index contributed by atoms with van der Waals surface area (Å²) in [7, 11) is 0. The van der Waals surface area contributed by atoms with E-state index in [1.807, 2.05) is 57.7 Å². The molecule has 2 aromatic heterocycles. The molecule has 1 saturated heterocycles. The summed E-state index contributed by atoms with van der Waals surface area (Å²) in [6, 6.07) is 15.7. The SMILES string of the molecule is C=CC(=O)NCCCOC(=O)[C@@]1(O)CC2O[C@]1(C)n1c3ccccc3c3c4c(c5c6ccccc6n2c5c31)C(=O)NC4. The van der Waals surface area contributed by atoms with Gasteiger partial charge in [-0.3, -0.25) is 9.59 Å². The first-order valence-electron chi connectivity index (χ1n) is 14.1. The Morgan fingerprint density at radius 3 is 2.62 bits per heavy atom. The molecular weight excluding hydrogens is 536 g/mol. The molecule has 0 saturated carbocycles. The van der Waals surface area contributed by atoms with Crippen LogP contribution in [0.15, 0.2) is 61.2 Å². The lowest BCUT2D eigenvalue weighted by Crippen LogP contribution is -2.56. The third kappa shape index (κ3) is 2.92. The molecule has 212 valence electrons. The van der Waals surface area contributed by atoms with Crippen LogP contribution in [0.3, 0.4) is 0 Å². The lowest BCUT2D eigenvalue weighted by Gasteiger charge is -2.37. The lowest BCUT2D eigenvalue weighted by atomic mass is 9.88. The standard InChI is InChI=1S/C32H28N4O6/c1-3-22(37)33-13-8-14-41-30(39)32(40)15-23-35-20-11-6-4-9-17(20)25-26-19(16-34-29(26)38)24-18-10-5-7-12-21(18)36(28(24)27(25)35)31(32,2)42-23/h3-7,9-12,23,40H,1,8,13-16H2,2H3,(H,33,37)(H,34,38)/t23?,31-,32-/m0/s1. The number of aliphatic hydroxyl groups is 1. The Balaban J connectivity index is 1.38. The number of amides is 2. The Kier molecular flexibility index (Phi) is 5.03. The molecule has 8 rings (SSSR count). The number of rotatable bonds is 6. The average molecular weight is 565 g/mol. The zero-order valence-corrected chi connectivity index (χ0v) is 22.9. The number of carbonyl (C=O) groups excluding carboxylic acids is 3. The van der Waals surface area contributed by atoms with Gasteiger partial charge in [0.1, 0.15) is 6.23 Å². The average Bonchev–Trinajstić information content (AvgIpc) is 3.69. The van der Waals surface area contributed by atoms with Crippen LogP contribution in [0, 0.1) is 0 Å². The predicted molar refractivity (Wildman–Crippen MR) is 156 cm³/mol. The molecule has 10 heteroatoms. The van der Waals surface area contributed by atoms with Crippen molar-refractivity contribution >= 4 is 61.4 Å². The number of ether oxygens (including phenoxy) is 2. The molecule has 0 aliphatic carbocycles. The number of esters is 1. The van der Waals surface area contributed by atoms with Crippen LogP contribution >= 0.6 is 0 Å². The van der Waals surface area contributed by atoms with E-state index in [4.69, 9.17) is 9.47 Å². The third-order valence-corrected chi connectivity index (χ3v) is 9.21. The maximum atomic E-state index is 13.8. The molecule has 5 aromatic rings. The van der Waals surface area contributed by atoms with E-state index in [2.05, 4.69) is 17.2 Å². The summed E-state index contributed by atoms with van der Waals surface area (Å²) in [5.41, 5.74) is 1.27. The molecular formula is C32H28N4O6. The van der Waals surface area contributed by atoms with Gasteiger partial charge >= 0.3 is 5.97 Å². The highest BCUT2D eigenvalue weighted by molar-refractivity contribution is 6.31. The second-order valence-corrected chi connectivity index (χ2v) is 11.3. The summed E-state index contributed by atoms with van der Waals surface area (Å²) in [5, 5.41) is 21.6. The molecule has 0 spiro atoms. The van der Waals surface area contributed by atoms with Gasteiger partial charge in [0.2, 0.25) is 11.5 Å². The molecule has 1 unspecified atom stereocenters. The smallest absolute Gasteiger partial charge is 0.343 e. The van der Waals surface area contributed by atoms with Crippen molar-refractivity contribution in [1.29, 1.82) is 0 Å². The van der Waals surface area contributed by atoms with E-state index in [1.54, 1.807) is 6.92 Å². The van der Waals surface area contributed by atoms with Crippen molar-refractivity contribution in [2.45, 2.75) is 43.9 Å². The minimum atomic E-state index is -2.04. The number of para-hydroxylation sites is 2. The zero-order valence-electron chi connectivity index (χ0n) is 22.9. The first kappa shape index (κ1) is 25.1. The molecule has 3 N–H and O–H groups in total. The van der Waals surface area contributed by atoms with Crippen LogP contribution in [0.25, 0.3) is 43.6 Å². The molecule has 3 aliphatic rings. The second kappa shape index (κ2) is 8.43. The minimum absolute atomic E-state index is 0.00964. The first-order valence-corrected chi connectivity index (χ1v) is 14.1. The van der Waals surface area contributed by atoms with Gasteiger partial charge in [0.05, 0.1) is 34.2 Å². The molecule has 3 aliphatic heterocycles. The van der Waals surface area contributed by atoms with Gasteiger partial charge in [0.15, 0.2) is 5.72 Å². The second-order valence-electron chi connectivity index (χ2n) is 11.3. The van der Waals surface area contributed by atoms with E-state index in [0.29, 0.717) is 25.1 Å². The summed E-state index contributed by atoms with van der Waals surface area (Å²) >= 11 is 0. The molecule has 3 aromatic carbocycles. The minimum Gasteiger partial charge on any atom is -0.463 e. The van der Waals surface area contributed by atoms with Crippen molar-refractivity contribution in [2.24, 2.45) is 0 Å². The van der Waals surface area contributed by atoms with Crippen LogP contribution in [0.4, 0.5) is 0 Å². The largest absolute Gasteiger partial charge is 0.463 e. The molecule has 5 heterocycles. The van der Waals surface area contributed by atoms with Gasteiger partial charge in [0, 0.05) is 41.1 Å². The molecule has 3 atom stereocenters. The van der Waals surface area contributed by atoms with Crippen LogP contribution in [0.1, 0.15) is 41.9 Å². The number of carbonyl (C=O) groups is 3. The van der Waals surface area contributed by atoms with E-state index in [-0.39, 0.29) is 24.8 Å². The summed E-state index contributed by atoms with van der Waals surface area (Å²) < 4.78 is 16.4. The van der Waals surface area contributed by atoms with Crippen LogP contribution < -0.4 is 10.6 Å². The number of nitrogens with zero attached hydrogens (tertiary/aromatic N) is 2. The highest BCUT2D eigenvalue weighted by Gasteiger charge is 2.66. The van der Waals surface area contributed by atoms with Crippen molar-refractivity contribution in [3.63, 3.8) is 0 Å². The summed E-state index contributed by atoms with van der Waals surface area (Å²) in [6.07, 6.45) is 0.779. The Labute approximate surface area is 239 Å². The molecule has 0 radical (unpaired) electrons. The van der Waals surface area contributed by atoms with E-state index in [1.165, 1.54) is 6.08 Å². The quantitative estimate of drug-likeness (QED) is 0.164. The van der Waals surface area contributed by atoms with Crippen molar-refractivity contribution in [3.8, 4) is 0 Å². The van der Waals surface area contributed by atoms with Crippen molar-refractivity contribution in [2.75, 3.05) is 13.2 Å². The maximum Gasteiger partial charge on any atom is 0.343 e. The lowest BCUT2D eigenvalue weighted by molar-refractivity contribution is -0.204. The predicted octanol–water partition coefficient (Wildman–Crippen LogP) is 3.72. The number of fused-ring (bicyclic) bond motifs is 13. The van der Waals surface area contributed by atoms with E-state index < -0.39 is 23.5 Å². The molecule has 42 heavy (non-hydrogen) atoms. The van der Waals surface area contributed by atoms with Gasteiger partial charge in [0.25, 0.3) is 5.91 Å². The molecule has 2 amide bonds. The molecule has 10 nitrogen and oxygen atoms in total. The fourth-order valence-corrected chi connectivity index (χ4v) is 7.36. The molecule has 2 bridgehead atoms. The van der Waals surface area contributed by atoms with E-state index in [9.17, 15) is 19.5 Å². The van der Waals surface area contributed by atoms with Gasteiger partial charge in [-0.1, -0.05) is 43.0 Å². The van der Waals surface area contributed by atoms with Crippen molar-refractivity contribution in [1.82, 2.24) is 19.8 Å². The van der Waals surface area contributed by atoms with Gasteiger partial charge in [-0.15, -0.1) is 0 Å². The third-order valence-electron chi connectivity index (χ3n) is 9.21. The van der Waals surface area contributed by atoms with Gasteiger partial charge < -0.3 is 34.3 Å². The van der Waals surface area contributed by atoms with Crippen LogP contribution in [0.2, 0.25) is 0 Å². The molecule has 1 fully saturated rings. The Hall–Kier alpha value is -4.67. The maximum absolute atomic E-state index is 13.8.